The van der Waals surface area contributed by atoms with Crippen LogP contribution in [-0.4, -0.2) is 17.0 Å². The Labute approximate surface area is 123 Å². The minimum absolute atomic E-state index is 0.373. The van der Waals surface area contributed by atoms with Gasteiger partial charge in [0.15, 0.2) is 6.04 Å². The Balaban J connectivity index is 2.30. The first-order valence-electron chi connectivity index (χ1n) is 6.65. The molecule has 0 unspecified atom stereocenters. The summed E-state index contributed by atoms with van der Waals surface area (Å²) in [5.41, 5.74) is 2.72. The van der Waals surface area contributed by atoms with Crippen LogP contribution >= 0.6 is 0 Å². The molecule has 0 radical (unpaired) electrons. The maximum atomic E-state index is 12.4. The molecule has 0 aliphatic carbocycles. The third kappa shape index (κ3) is 3.28. The van der Waals surface area contributed by atoms with E-state index in [4.69, 9.17) is 0 Å². The number of carbonyl (C=O) groups excluding carboxylic acids is 1. The van der Waals surface area contributed by atoms with Crippen molar-refractivity contribution in [2.45, 2.75) is 19.9 Å². The molecule has 4 heteroatoms. The SMILES string of the molecule is Cc1cccc(C)c1C(=O)N[C@H](C(=O)O)c1ccccc1. The van der Waals surface area contributed by atoms with E-state index in [-0.39, 0.29) is 5.91 Å². The second kappa shape index (κ2) is 6.22. The number of hydrogen-bond acceptors (Lipinski definition) is 2. The van der Waals surface area contributed by atoms with Crippen LogP contribution in [0.5, 0.6) is 0 Å². The van der Waals surface area contributed by atoms with E-state index >= 15 is 0 Å². The molecule has 1 atom stereocenters. The van der Waals surface area contributed by atoms with E-state index in [0.717, 1.165) is 11.1 Å². The van der Waals surface area contributed by atoms with Gasteiger partial charge >= 0.3 is 5.97 Å². The fourth-order valence-electron chi connectivity index (χ4n) is 2.31. The summed E-state index contributed by atoms with van der Waals surface area (Å²) in [5, 5.41) is 11.9. The Kier molecular flexibility index (Phi) is 4.38. The van der Waals surface area contributed by atoms with Crippen LogP contribution in [0.4, 0.5) is 0 Å². The first kappa shape index (κ1) is 14.8. The summed E-state index contributed by atoms with van der Waals surface area (Å²) in [6.07, 6.45) is 0. The molecule has 2 N–H and O–H groups in total. The Bertz CT molecular complexity index is 645. The highest BCUT2D eigenvalue weighted by Crippen LogP contribution is 2.17. The maximum Gasteiger partial charge on any atom is 0.330 e. The molecule has 0 aliphatic rings. The normalized spacial score (nSPS) is 11.7. The Hall–Kier alpha value is -2.62. The molecular weight excluding hydrogens is 266 g/mol. The van der Waals surface area contributed by atoms with E-state index in [1.165, 1.54) is 0 Å². The third-order valence-corrected chi connectivity index (χ3v) is 3.36. The van der Waals surface area contributed by atoms with Crippen LogP contribution in [0.2, 0.25) is 0 Å². The van der Waals surface area contributed by atoms with E-state index < -0.39 is 12.0 Å². The lowest BCUT2D eigenvalue weighted by Crippen LogP contribution is -2.34. The molecule has 2 aromatic carbocycles. The molecule has 0 spiro atoms. The molecule has 0 aromatic heterocycles. The van der Waals surface area contributed by atoms with Crippen molar-refractivity contribution in [1.82, 2.24) is 5.32 Å². The van der Waals surface area contributed by atoms with E-state index in [1.54, 1.807) is 30.3 Å². The molecular formula is C17H17NO3. The highest BCUT2D eigenvalue weighted by Gasteiger charge is 2.23. The van der Waals surface area contributed by atoms with Crippen LogP contribution in [0.25, 0.3) is 0 Å². The number of carbonyl (C=O) groups is 2. The first-order valence-corrected chi connectivity index (χ1v) is 6.65. The molecule has 2 rings (SSSR count). The molecule has 108 valence electrons. The predicted molar refractivity (Wildman–Crippen MR) is 80.2 cm³/mol. The number of hydrogen-bond donors (Lipinski definition) is 2. The molecule has 0 aliphatic heterocycles. The minimum Gasteiger partial charge on any atom is -0.479 e. The summed E-state index contributed by atoms with van der Waals surface area (Å²) in [5.74, 6) is -1.46. The monoisotopic (exact) mass is 283 g/mol. The minimum atomic E-state index is -1.08. The number of rotatable bonds is 4. The summed E-state index contributed by atoms with van der Waals surface area (Å²) in [7, 11) is 0. The van der Waals surface area contributed by atoms with Gasteiger partial charge < -0.3 is 10.4 Å². The topological polar surface area (TPSA) is 66.4 Å². The van der Waals surface area contributed by atoms with Crippen LogP contribution in [0.15, 0.2) is 48.5 Å². The maximum absolute atomic E-state index is 12.4. The quantitative estimate of drug-likeness (QED) is 0.906. The smallest absolute Gasteiger partial charge is 0.330 e. The van der Waals surface area contributed by atoms with Crippen molar-refractivity contribution >= 4 is 11.9 Å². The molecule has 1 amide bonds. The van der Waals surface area contributed by atoms with Crippen LogP contribution < -0.4 is 5.32 Å². The number of carboxylic acids is 1. The largest absolute Gasteiger partial charge is 0.479 e. The van der Waals surface area contributed by atoms with Crippen LogP contribution in [-0.2, 0) is 4.79 Å². The molecule has 0 heterocycles. The second-order valence-electron chi connectivity index (χ2n) is 4.92. The Morgan fingerprint density at radius 2 is 1.52 bits per heavy atom. The molecule has 0 fully saturated rings. The third-order valence-electron chi connectivity index (χ3n) is 3.36. The zero-order valence-electron chi connectivity index (χ0n) is 12.0. The van der Waals surface area contributed by atoms with Gasteiger partial charge in [0.25, 0.3) is 5.91 Å². The van der Waals surface area contributed by atoms with E-state index in [0.29, 0.717) is 11.1 Å². The number of aliphatic carboxylic acids is 1. The van der Waals surface area contributed by atoms with Crippen molar-refractivity contribution in [3.63, 3.8) is 0 Å². The van der Waals surface area contributed by atoms with Gasteiger partial charge in [-0.25, -0.2) is 4.79 Å². The van der Waals surface area contributed by atoms with Crippen molar-refractivity contribution < 1.29 is 14.7 Å². The molecule has 0 saturated heterocycles. The summed E-state index contributed by atoms with van der Waals surface area (Å²) in [6.45, 7) is 3.67. The van der Waals surface area contributed by atoms with Gasteiger partial charge in [-0.1, -0.05) is 48.5 Å². The second-order valence-corrected chi connectivity index (χ2v) is 4.92. The summed E-state index contributed by atoms with van der Waals surface area (Å²) >= 11 is 0. The lowest BCUT2D eigenvalue weighted by molar-refractivity contribution is -0.139. The first-order chi connectivity index (χ1) is 10.0. The number of carboxylic acid groups (broad SMARTS) is 1. The lowest BCUT2D eigenvalue weighted by atomic mass is 10.0. The van der Waals surface area contributed by atoms with Crippen molar-refractivity contribution in [2.75, 3.05) is 0 Å². The van der Waals surface area contributed by atoms with Crippen molar-refractivity contribution in [3.05, 3.63) is 70.8 Å². The van der Waals surface area contributed by atoms with Crippen LogP contribution in [0.3, 0.4) is 0 Å². The van der Waals surface area contributed by atoms with E-state index in [2.05, 4.69) is 5.32 Å². The van der Waals surface area contributed by atoms with Crippen molar-refractivity contribution in [1.29, 1.82) is 0 Å². The highest BCUT2D eigenvalue weighted by atomic mass is 16.4. The van der Waals surface area contributed by atoms with Gasteiger partial charge in [0.05, 0.1) is 0 Å². The van der Waals surface area contributed by atoms with Gasteiger partial charge in [-0.3, -0.25) is 4.79 Å². The van der Waals surface area contributed by atoms with Gasteiger partial charge in [0.2, 0.25) is 0 Å². The zero-order valence-corrected chi connectivity index (χ0v) is 12.0. The molecule has 2 aromatic rings. The zero-order chi connectivity index (χ0) is 15.4. The summed E-state index contributed by atoms with van der Waals surface area (Å²) in [4.78, 5) is 23.8. The highest BCUT2D eigenvalue weighted by molar-refractivity contribution is 5.99. The van der Waals surface area contributed by atoms with Gasteiger partial charge in [0.1, 0.15) is 0 Å². The Morgan fingerprint density at radius 3 is 2.05 bits per heavy atom. The average molecular weight is 283 g/mol. The summed E-state index contributed by atoms with van der Waals surface area (Å²) in [6, 6.07) is 13.1. The van der Waals surface area contributed by atoms with Crippen LogP contribution in [0, 0.1) is 13.8 Å². The van der Waals surface area contributed by atoms with Crippen LogP contribution in [0.1, 0.15) is 33.1 Å². The number of aryl methyl sites for hydroxylation is 2. The standard InChI is InChI=1S/C17H17NO3/c1-11-7-6-8-12(2)14(11)16(19)18-15(17(20)21)13-9-4-3-5-10-13/h3-10,15H,1-2H3,(H,18,19)(H,20,21)/t15-/m0/s1. The average Bonchev–Trinajstić information content (AvgIpc) is 2.45. The molecule has 4 nitrogen and oxygen atoms in total. The number of benzene rings is 2. The van der Waals surface area contributed by atoms with Gasteiger partial charge in [-0.15, -0.1) is 0 Å². The van der Waals surface area contributed by atoms with Crippen molar-refractivity contribution in [3.8, 4) is 0 Å². The number of nitrogens with one attached hydrogen (secondary N) is 1. The van der Waals surface area contributed by atoms with E-state index in [9.17, 15) is 14.7 Å². The van der Waals surface area contributed by atoms with Gasteiger partial charge in [0, 0.05) is 5.56 Å². The van der Waals surface area contributed by atoms with E-state index in [1.807, 2.05) is 32.0 Å². The molecule has 0 bridgehead atoms. The van der Waals surface area contributed by atoms with Crippen molar-refractivity contribution in [2.24, 2.45) is 0 Å². The molecule has 0 saturated carbocycles. The fraction of sp³-hybridized carbons (Fsp3) is 0.176. The summed E-state index contributed by atoms with van der Waals surface area (Å²) < 4.78 is 0. The Morgan fingerprint density at radius 1 is 0.952 bits per heavy atom. The lowest BCUT2D eigenvalue weighted by Gasteiger charge is -2.17. The predicted octanol–water partition coefficient (Wildman–Crippen LogP) is 2.86. The van der Waals surface area contributed by atoms with Gasteiger partial charge in [-0.2, -0.15) is 0 Å². The molecule has 21 heavy (non-hydrogen) atoms. The fourth-order valence-corrected chi connectivity index (χ4v) is 2.31. The van der Waals surface area contributed by atoms with Gasteiger partial charge in [-0.05, 0) is 30.5 Å². The number of amides is 1.